The van der Waals surface area contributed by atoms with Gasteiger partial charge in [-0.2, -0.15) is 5.26 Å². The Morgan fingerprint density at radius 2 is 1.94 bits per heavy atom. The fourth-order valence-corrected chi connectivity index (χ4v) is 2.46. The van der Waals surface area contributed by atoms with Crippen molar-refractivity contribution in [2.24, 2.45) is 0 Å². The number of rotatable bonds is 1. The maximum absolute atomic E-state index is 11.9. The Morgan fingerprint density at radius 3 is 2.50 bits per heavy atom. The maximum atomic E-state index is 11.9. The maximum Gasteiger partial charge on any atom is 0.350 e. The topological polar surface area (TPSA) is 91.2 Å². The molecule has 1 amide bonds. The Hall–Kier alpha value is -2.03. The predicted molar refractivity (Wildman–Crippen MR) is 62.0 cm³/mol. The summed E-state index contributed by atoms with van der Waals surface area (Å²) in [7, 11) is 1.18. The first-order chi connectivity index (χ1) is 8.67. The third-order valence-corrected chi connectivity index (χ3v) is 3.39. The van der Waals surface area contributed by atoms with E-state index in [1.807, 2.05) is 0 Å². The predicted octanol–water partition coefficient (Wildman–Crippen LogP) is -0.0323. The number of amides is 1. The molecule has 2 fully saturated rings. The molecule has 0 aromatic heterocycles. The molecule has 2 N–H and O–H groups in total. The second-order valence-electron chi connectivity index (χ2n) is 4.47. The lowest BCUT2D eigenvalue weighted by Gasteiger charge is -2.38. The zero-order valence-corrected chi connectivity index (χ0v) is 10.2. The summed E-state index contributed by atoms with van der Waals surface area (Å²) in [5.74, 6) is -1.19. The van der Waals surface area contributed by atoms with E-state index in [1.54, 1.807) is 6.07 Å². The molecule has 0 unspecified atom stereocenters. The number of nitrogens with zero attached hydrogens (tertiary/aromatic N) is 1. The van der Waals surface area contributed by atoms with Crippen LogP contribution in [0.5, 0.6) is 0 Å². The number of carbonyl (C=O) groups excluding carboxylic acids is 2. The van der Waals surface area contributed by atoms with Crippen LogP contribution in [-0.2, 0) is 14.3 Å². The van der Waals surface area contributed by atoms with Gasteiger partial charge in [-0.3, -0.25) is 4.79 Å². The number of methoxy groups -OCH3 is 1. The van der Waals surface area contributed by atoms with Crippen molar-refractivity contribution in [2.75, 3.05) is 7.11 Å². The van der Waals surface area contributed by atoms with E-state index in [1.165, 1.54) is 7.11 Å². The summed E-state index contributed by atoms with van der Waals surface area (Å²) >= 11 is 0. The van der Waals surface area contributed by atoms with Gasteiger partial charge in [0.25, 0.3) is 5.91 Å². The molecule has 1 aliphatic heterocycles. The number of nitrogens with one attached hydrogen (secondary N) is 2. The second-order valence-corrected chi connectivity index (χ2v) is 4.47. The molecule has 6 heteroatoms. The summed E-state index contributed by atoms with van der Waals surface area (Å²) in [6.45, 7) is 0. The molecular weight excluding hydrogens is 234 g/mol. The van der Waals surface area contributed by atoms with Crippen LogP contribution in [0, 0.1) is 11.3 Å². The third-order valence-electron chi connectivity index (χ3n) is 3.39. The highest BCUT2D eigenvalue weighted by molar-refractivity contribution is 6.05. The zero-order chi connectivity index (χ0) is 13.1. The summed E-state index contributed by atoms with van der Waals surface area (Å²) in [6.07, 6.45) is 4.02. The smallest absolute Gasteiger partial charge is 0.350 e. The van der Waals surface area contributed by atoms with E-state index in [4.69, 9.17) is 5.26 Å². The highest BCUT2D eigenvalue weighted by Gasteiger charge is 2.35. The van der Waals surface area contributed by atoms with Gasteiger partial charge >= 0.3 is 5.97 Å². The number of piperazine rings is 1. The van der Waals surface area contributed by atoms with Crippen molar-refractivity contribution in [3.8, 4) is 6.07 Å². The zero-order valence-electron chi connectivity index (χ0n) is 10.2. The van der Waals surface area contributed by atoms with Gasteiger partial charge in [0.2, 0.25) is 0 Å². The van der Waals surface area contributed by atoms with Crippen LogP contribution in [0.15, 0.2) is 11.3 Å². The van der Waals surface area contributed by atoms with Crippen LogP contribution >= 0.6 is 0 Å². The van der Waals surface area contributed by atoms with E-state index in [2.05, 4.69) is 15.4 Å². The van der Waals surface area contributed by atoms with Gasteiger partial charge in [0.15, 0.2) is 5.57 Å². The Bertz CT molecular complexity index is 450. The summed E-state index contributed by atoms with van der Waals surface area (Å²) in [5.41, 5.74) is -0.230. The standard InChI is InChI=1S/C12H15N3O3/c1-18-12(17)7(6-13)10-11(16)15-9-5-3-2-4-8(9)14-10/h8-9,14H,2-5H2,1H3,(H,15,16)/b10-7-/t8-,9-/m1/s1. The summed E-state index contributed by atoms with van der Waals surface area (Å²) in [6, 6.07) is 1.92. The van der Waals surface area contributed by atoms with Crippen LogP contribution in [0.2, 0.25) is 0 Å². The average molecular weight is 249 g/mol. The molecule has 0 radical (unpaired) electrons. The van der Waals surface area contributed by atoms with Crippen LogP contribution in [0.25, 0.3) is 0 Å². The van der Waals surface area contributed by atoms with Crippen LogP contribution in [0.3, 0.4) is 0 Å². The first kappa shape index (κ1) is 12.4. The van der Waals surface area contributed by atoms with Gasteiger partial charge in [-0.05, 0) is 12.8 Å². The lowest BCUT2D eigenvalue weighted by Crippen LogP contribution is -2.59. The quantitative estimate of drug-likeness (QED) is 0.387. The number of hydrogen-bond acceptors (Lipinski definition) is 5. The van der Waals surface area contributed by atoms with Crippen molar-refractivity contribution in [3.05, 3.63) is 11.3 Å². The Labute approximate surface area is 105 Å². The van der Waals surface area contributed by atoms with E-state index < -0.39 is 11.9 Å². The molecule has 1 saturated heterocycles. The summed E-state index contributed by atoms with van der Waals surface area (Å²) in [4.78, 5) is 23.3. The SMILES string of the molecule is COC(=O)/C(C#N)=C1\N[C@@H]2CCCC[C@H]2NC1=O. The van der Waals surface area contributed by atoms with E-state index in [9.17, 15) is 9.59 Å². The highest BCUT2D eigenvalue weighted by Crippen LogP contribution is 2.23. The lowest BCUT2D eigenvalue weighted by atomic mass is 9.88. The third kappa shape index (κ3) is 2.16. The number of carbonyl (C=O) groups is 2. The molecule has 1 saturated carbocycles. The fraction of sp³-hybridized carbons (Fsp3) is 0.583. The fourth-order valence-electron chi connectivity index (χ4n) is 2.46. The first-order valence-corrected chi connectivity index (χ1v) is 5.97. The van der Waals surface area contributed by atoms with Crippen molar-refractivity contribution in [2.45, 2.75) is 37.8 Å². The summed E-state index contributed by atoms with van der Waals surface area (Å²) < 4.78 is 4.50. The van der Waals surface area contributed by atoms with Crippen LogP contribution in [0.1, 0.15) is 25.7 Å². The largest absolute Gasteiger partial charge is 0.465 e. The average Bonchev–Trinajstić information content (AvgIpc) is 2.39. The minimum Gasteiger partial charge on any atom is -0.465 e. The van der Waals surface area contributed by atoms with Crippen molar-refractivity contribution in [1.82, 2.24) is 10.6 Å². The molecule has 1 heterocycles. The lowest BCUT2D eigenvalue weighted by molar-refractivity contribution is -0.136. The molecule has 0 aromatic carbocycles. The van der Waals surface area contributed by atoms with Gasteiger partial charge in [-0.15, -0.1) is 0 Å². The minimum absolute atomic E-state index is 0.0347. The molecule has 2 rings (SSSR count). The molecule has 2 atom stereocenters. The molecule has 0 aromatic rings. The monoisotopic (exact) mass is 249 g/mol. The van der Waals surface area contributed by atoms with Crippen LogP contribution in [-0.4, -0.2) is 31.1 Å². The van der Waals surface area contributed by atoms with Crippen molar-refractivity contribution in [1.29, 1.82) is 5.26 Å². The number of nitriles is 1. The minimum atomic E-state index is -0.788. The van der Waals surface area contributed by atoms with E-state index in [0.717, 1.165) is 25.7 Å². The normalized spacial score (nSPS) is 29.2. The molecule has 0 bridgehead atoms. The van der Waals surface area contributed by atoms with Crippen molar-refractivity contribution < 1.29 is 14.3 Å². The van der Waals surface area contributed by atoms with E-state index >= 15 is 0 Å². The van der Waals surface area contributed by atoms with Gasteiger partial charge in [-0.25, -0.2) is 4.79 Å². The molecule has 96 valence electrons. The molecule has 0 spiro atoms. The molecular formula is C12H15N3O3. The van der Waals surface area contributed by atoms with Crippen LogP contribution in [0.4, 0.5) is 0 Å². The van der Waals surface area contributed by atoms with Crippen molar-refractivity contribution in [3.63, 3.8) is 0 Å². The van der Waals surface area contributed by atoms with E-state index in [-0.39, 0.29) is 23.4 Å². The number of esters is 1. The van der Waals surface area contributed by atoms with Gasteiger partial charge in [0, 0.05) is 12.1 Å². The van der Waals surface area contributed by atoms with Gasteiger partial charge < -0.3 is 15.4 Å². The van der Waals surface area contributed by atoms with Crippen LogP contribution < -0.4 is 10.6 Å². The molecule has 6 nitrogen and oxygen atoms in total. The number of fused-ring (bicyclic) bond motifs is 1. The second kappa shape index (κ2) is 5.08. The van der Waals surface area contributed by atoms with Gasteiger partial charge in [0.05, 0.1) is 7.11 Å². The molecule has 1 aliphatic carbocycles. The molecule has 18 heavy (non-hydrogen) atoms. The number of hydrogen-bond donors (Lipinski definition) is 2. The van der Waals surface area contributed by atoms with E-state index in [0.29, 0.717) is 0 Å². The Kier molecular flexibility index (Phi) is 3.51. The molecule has 2 aliphatic rings. The van der Waals surface area contributed by atoms with Gasteiger partial charge in [0.1, 0.15) is 11.8 Å². The Balaban J connectivity index is 2.28. The van der Waals surface area contributed by atoms with Gasteiger partial charge in [-0.1, -0.05) is 12.8 Å². The first-order valence-electron chi connectivity index (χ1n) is 5.97. The number of ether oxygens (including phenoxy) is 1. The van der Waals surface area contributed by atoms with Crippen molar-refractivity contribution >= 4 is 11.9 Å². The summed E-state index contributed by atoms with van der Waals surface area (Å²) in [5, 5.41) is 14.8. The highest BCUT2D eigenvalue weighted by atomic mass is 16.5. The Morgan fingerprint density at radius 1 is 1.33 bits per heavy atom.